The predicted octanol–water partition coefficient (Wildman–Crippen LogP) is 1.64. The fraction of sp³-hybridized carbons (Fsp3) is 0.250. The minimum Gasteiger partial charge on any atom is -0.326 e. The molecule has 0 amide bonds. The molecule has 0 saturated carbocycles. The maximum atomic E-state index is 10.0. The Bertz CT molecular complexity index is 286. The van der Waals surface area contributed by atoms with Crippen molar-refractivity contribution in [3.8, 4) is 0 Å². The topological polar surface area (TPSA) is 55.2 Å². The van der Waals surface area contributed by atoms with Gasteiger partial charge in [0, 0.05) is 10.6 Å². The monoisotopic (exact) mass is 166 g/mol. The fourth-order valence-corrected chi connectivity index (χ4v) is 0.911. The molecule has 0 aliphatic heterocycles. The van der Waals surface area contributed by atoms with Crippen LogP contribution in [0.5, 0.6) is 0 Å². The van der Waals surface area contributed by atoms with E-state index in [2.05, 4.69) is 5.32 Å². The first-order chi connectivity index (χ1) is 5.68. The van der Waals surface area contributed by atoms with Crippen molar-refractivity contribution in [3.05, 3.63) is 39.9 Å². The Morgan fingerprint density at radius 1 is 1.58 bits per heavy atom. The quantitative estimate of drug-likeness (QED) is 0.422. The zero-order valence-corrected chi connectivity index (χ0v) is 6.78. The van der Waals surface area contributed by atoms with Gasteiger partial charge in [-0.3, -0.25) is 10.1 Å². The smallest absolute Gasteiger partial charge is 0.275 e. The molecule has 0 aliphatic carbocycles. The molecular formula is C8H10N2O2. The van der Waals surface area contributed by atoms with Gasteiger partial charge in [0.25, 0.3) is 6.67 Å². The molecule has 0 spiro atoms. The Balaban J connectivity index is 2.57. The van der Waals surface area contributed by atoms with Crippen LogP contribution in [-0.2, 0) is 0 Å². The van der Waals surface area contributed by atoms with Crippen LogP contribution in [0, 0.1) is 17.0 Å². The van der Waals surface area contributed by atoms with Gasteiger partial charge in [0.2, 0.25) is 0 Å². The lowest BCUT2D eigenvalue weighted by molar-refractivity contribution is -0.473. The van der Waals surface area contributed by atoms with Crippen LogP contribution in [0.25, 0.3) is 0 Å². The summed E-state index contributed by atoms with van der Waals surface area (Å²) in [4.78, 5) is 9.60. The molecule has 0 unspecified atom stereocenters. The Morgan fingerprint density at radius 3 is 2.92 bits per heavy atom. The maximum Gasteiger partial charge on any atom is 0.275 e. The van der Waals surface area contributed by atoms with Crippen LogP contribution in [0.15, 0.2) is 24.3 Å². The SMILES string of the molecule is Cc1cccc(NC[N+](=O)[O-])c1. The number of nitrogens with one attached hydrogen (secondary N) is 1. The molecule has 1 aromatic carbocycles. The standard InChI is InChI=1S/C8H10N2O2/c1-7-3-2-4-8(5-7)9-6-10(11)12/h2-5,9H,6H2,1H3. The van der Waals surface area contributed by atoms with Crippen molar-refractivity contribution in [1.82, 2.24) is 0 Å². The first-order valence-electron chi connectivity index (χ1n) is 3.61. The van der Waals surface area contributed by atoms with Crippen LogP contribution in [0.4, 0.5) is 5.69 Å². The van der Waals surface area contributed by atoms with Crippen LogP contribution < -0.4 is 5.32 Å². The molecule has 1 aromatic rings. The van der Waals surface area contributed by atoms with Gasteiger partial charge >= 0.3 is 0 Å². The van der Waals surface area contributed by atoms with E-state index >= 15 is 0 Å². The highest BCUT2D eigenvalue weighted by Crippen LogP contribution is 2.08. The second kappa shape index (κ2) is 3.71. The van der Waals surface area contributed by atoms with E-state index in [1.807, 2.05) is 25.1 Å². The van der Waals surface area contributed by atoms with Crippen LogP contribution in [-0.4, -0.2) is 11.6 Å². The summed E-state index contributed by atoms with van der Waals surface area (Å²) in [6, 6.07) is 7.47. The highest BCUT2D eigenvalue weighted by molar-refractivity contribution is 5.44. The van der Waals surface area contributed by atoms with Crippen LogP contribution in [0.2, 0.25) is 0 Å². The number of hydrogen-bond donors (Lipinski definition) is 1. The fourth-order valence-electron chi connectivity index (χ4n) is 0.911. The van der Waals surface area contributed by atoms with Gasteiger partial charge < -0.3 is 5.32 Å². The van der Waals surface area contributed by atoms with Crippen LogP contribution >= 0.6 is 0 Å². The highest BCUT2D eigenvalue weighted by atomic mass is 16.6. The molecule has 0 saturated heterocycles. The Kier molecular flexibility index (Phi) is 2.63. The van der Waals surface area contributed by atoms with E-state index in [9.17, 15) is 10.1 Å². The summed E-state index contributed by atoms with van der Waals surface area (Å²) in [6.45, 7) is 1.71. The van der Waals surface area contributed by atoms with E-state index in [1.165, 1.54) is 0 Å². The number of aryl methyl sites for hydroxylation is 1. The van der Waals surface area contributed by atoms with Crippen LogP contribution in [0.3, 0.4) is 0 Å². The Morgan fingerprint density at radius 2 is 2.33 bits per heavy atom. The average Bonchev–Trinajstić information content (AvgIpc) is 2.01. The van der Waals surface area contributed by atoms with Gasteiger partial charge in [0.05, 0.1) is 0 Å². The minimum atomic E-state index is -0.400. The molecular weight excluding hydrogens is 156 g/mol. The van der Waals surface area contributed by atoms with Gasteiger partial charge in [-0.1, -0.05) is 12.1 Å². The summed E-state index contributed by atoms with van der Waals surface area (Å²) in [7, 11) is 0. The van der Waals surface area contributed by atoms with E-state index in [4.69, 9.17) is 0 Å². The van der Waals surface area contributed by atoms with Gasteiger partial charge in [-0.2, -0.15) is 0 Å². The van der Waals surface area contributed by atoms with Crippen molar-refractivity contribution < 1.29 is 4.92 Å². The van der Waals surface area contributed by atoms with Gasteiger partial charge in [0.15, 0.2) is 0 Å². The summed E-state index contributed by atoms with van der Waals surface area (Å²) < 4.78 is 0. The summed E-state index contributed by atoms with van der Waals surface area (Å²) in [5.74, 6) is 0. The second-order valence-corrected chi connectivity index (χ2v) is 2.54. The average molecular weight is 166 g/mol. The van der Waals surface area contributed by atoms with Gasteiger partial charge in [0.1, 0.15) is 0 Å². The molecule has 0 atom stereocenters. The third-order valence-corrected chi connectivity index (χ3v) is 1.43. The van der Waals surface area contributed by atoms with E-state index < -0.39 is 4.92 Å². The van der Waals surface area contributed by atoms with E-state index in [1.54, 1.807) is 6.07 Å². The molecule has 64 valence electrons. The van der Waals surface area contributed by atoms with E-state index in [0.29, 0.717) is 0 Å². The molecule has 0 heterocycles. The molecule has 0 aromatic heterocycles. The molecule has 0 aliphatic rings. The second-order valence-electron chi connectivity index (χ2n) is 2.54. The van der Waals surface area contributed by atoms with Crippen molar-refractivity contribution in [1.29, 1.82) is 0 Å². The summed E-state index contributed by atoms with van der Waals surface area (Å²) >= 11 is 0. The van der Waals surface area contributed by atoms with Crippen molar-refractivity contribution in [2.75, 3.05) is 12.0 Å². The molecule has 12 heavy (non-hydrogen) atoms. The predicted molar refractivity (Wildman–Crippen MR) is 46.7 cm³/mol. The minimum absolute atomic E-state index is 0.233. The molecule has 0 fully saturated rings. The third-order valence-electron chi connectivity index (χ3n) is 1.43. The highest BCUT2D eigenvalue weighted by Gasteiger charge is 1.95. The summed E-state index contributed by atoms with van der Waals surface area (Å²) in [6.07, 6.45) is 0. The number of benzene rings is 1. The normalized spacial score (nSPS) is 9.42. The first-order valence-corrected chi connectivity index (χ1v) is 3.61. The lowest BCUT2D eigenvalue weighted by atomic mass is 10.2. The molecule has 4 nitrogen and oxygen atoms in total. The van der Waals surface area contributed by atoms with Crippen molar-refractivity contribution in [2.45, 2.75) is 6.92 Å². The summed E-state index contributed by atoms with van der Waals surface area (Å²) in [5, 5.41) is 12.7. The third kappa shape index (κ3) is 2.57. The van der Waals surface area contributed by atoms with Crippen molar-refractivity contribution in [2.24, 2.45) is 0 Å². The number of anilines is 1. The number of nitro groups is 1. The van der Waals surface area contributed by atoms with Gasteiger partial charge in [-0.05, 0) is 24.6 Å². The Hall–Kier alpha value is -1.58. The molecule has 0 radical (unpaired) electrons. The number of hydrogen-bond acceptors (Lipinski definition) is 3. The Labute approximate surface area is 70.4 Å². The number of nitrogens with zero attached hydrogens (tertiary/aromatic N) is 1. The lowest BCUT2D eigenvalue weighted by Crippen LogP contribution is -2.10. The van der Waals surface area contributed by atoms with Gasteiger partial charge in [-0.25, -0.2) is 0 Å². The first kappa shape index (κ1) is 8.52. The van der Waals surface area contributed by atoms with Crippen molar-refractivity contribution >= 4 is 5.69 Å². The van der Waals surface area contributed by atoms with Gasteiger partial charge in [-0.15, -0.1) is 0 Å². The zero-order valence-electron chi connectivity index (χ0n) is 6.78. The zero-order chi connectivity index (χ0) is 8.97. The van der Waals surface area contributed by atoms with Crippen LogP contribution in [0.1, 0.15) is 5.56 Å². The van der Waals surface area contributed by atoms with E-state index in [-0.39, 0.29) is 6.67 Å². The number of rotatable bonds is 3. The molecule has 0 bridgehead atoms. The van der Waals surface area contributed by atoms with Crippen molar-refractivity contribution in [3.63, 3.8) is 0 Å². The summed E-state index contributed by atoms with van der Waals surface area (Å²) in [5.41, 5.74) is 1.87. The van der Waals surface area contributed by atoms with E-state index in [0.717, 1.165) is 11.3 Å². The molecule has 1 N–H and O–H groups in total. The lowest BCUT2D eigenvalue weighted by Gasteiger charge is -2.01. The molecule has 4 heteroatoms. The maximum absolute atomic E-state index is 10.0. The molecule has 1 rings (SSSR count). The largest absolute Gasteiger partial charge is 0.326 e.